The van der Waals surface area contributed by atoms with Crippen molar-refractivity contribution in [1.29, 1.82) is 0 Å². The Kier molecular flexibility index (Phi) is 3.33. The van der Waals surface area contributed by atoms with Gasteiger partial charge in [0, 0.05) is 18.4 Å². The molecule has 0 bridgehead atoms. The Morgan fingerprint density at radius 3 is 2.78 bits per heavy atom. The lowest BCUT2D eigenvalue weighted by Crippen LogP contribution is -2.34. The van der Waals surface area contributed by atoms with Crippen LogP contribution in [0.15, 0.2) is 23.4 Å². The van der Waals surface area contributed by atoms with E-state index in [1.807, 2.05) is 0 Å². The minimum absolute atomic E-state index is 0.00962. The molecule has 0 aliphatic heterocycles. The molecule has 0 amide bonds. The van der Waals surface area contributed by atoms with E-state index in [0.717, 1.165) is 19.3 Å². The fourth-order valence-electron chi connectivity index (χ4n) is 2.43. The van der Waals surface area contributed by atoms with Gasteiger partial charge in [0.2, 0.25) is 10.0 Å². The zero-order valence-corrected chi connectivity index (χ0v) is 11.5. The molecule has 0 aromatic carbocycles. The first kappa shape index (κ1) is 13.3. The summed E-state index contributed by atoms with van der Waals surface area (Å²) in [5.74, 6) is 0. The third kappa shape index (κ3) is 2.81. The number of hydrogen-bond donors (Lipinski definition) is 2. The number of hydrogen-bond acceptors (Lipinski definition) is 4. The number of anilines is 1. The van der Waals surface area contributed by atoms with Crippen LogP contribution in [-0.4, -0.2) is 19.4 Å². The van der Waals surface area contributed by atoms with Gasteiger partial charge in [-0.2, -0.15) is 0 Å². The third-order valence-electron chi connectivity index (χ3n) is 3.40. The van der Waals surface area contributed by atoms with Crippen molar-refractivity contribution in [3.05, 3.63) is 18.5 Å². The maximum absolute atomic E-state index is 12.2. The first-order valence-corrected chi connectivity index (χ1v) is 7.50. The van der Waals surface area contributed by atoms with Gasteiger partial charge in [-0.3, -0.25) is 4.98 Å². The summed E-state index contributed by atoms with van der Waals surface area (Å²) >= 11 is 0. The summed E-state index contributed by atoms with van der Waals surface area (Å²) in [5, 5.41) is 0. The second-order valence-corrected chi connectivity index (χ2v) is 7.32. The van der Waals surface area contributed by atoms with Crippen LogP contribution in [0.25, 0.3) is 0 Å². The lowest BCUT2D eigenvalue weighted by molar-refractivity contribution is 0.372. The van der Waals surface area contributed by atoms with Gasteiger partial charge in [0.1, 0.15) is 4.90 Å². The van der Waals surface area contributed by atoms with E-state index in [9.17, 15) is 8.42 Å². The molecule has 0 saturated heterocycles. The van der Waals surface area contributed by atoms with Gasteiger partial charge in [-0.05, 0) is 30.7 Å². The van der Waals surface area contributed by atoms with Crippen molar-refractivity contribution < 1.29 is 8.42 Å². The van der Waals surface area contributed by atoms with Crippen LogP contribution < -0.4 is 10.5 Å². The highest BCUT2D eigenvalue weighted by Gasteiger charge is 2.33. The fraction of sp³-hybridized carbons (Fsp3) is 0.583. The highest BCUT2D eigenvalue weighted by molar-refractivity contribution is 7.89. The molecule has 2 rings (SSSR count). The molecule has 0 radical (unpaired) electrons. The van der Waals surface area contributed by atoms with Gasteiger partial charge in [0.15, 0.2) is 0 Å². The largest absolute Gasteiger partial charge is 0.398 e. The monoisotopic (exact) mass is 269 g/mol. The van der Waals surface area contributed by atoms with E-state index in [4.69, 9.17) is 5.73 Å². The van der Waals surface area contributed by atoms with Gasteiger partial charge in [0.25, 0.3) is 0 Å². The Morgan fingerprint density at radius 2 is 2.22 bits per heavy atom. The van der Waals surface area contributed by atoms with Crippen molar-refractivity contribution in [3.63, 3.8) is 0 Å². The summed E-state index contributed by atoms with van der Waals surface area (Å²) in [4.78, 5) is 3.88. The normalized spacial score (nSPS) is 23.1. The highest BCUT2D eigenvalue weighted by atomic mass is 32.2. The Labute approximate surface area is 108 Å². The van der Waals surface area contributed by atoms with Crippen LogP contribution >= 0.6 is 0 Å². The van der Waals surface area contributed by atoms with Crippen molar-refractivity contribution in [2.45, 2.75) is 44.0 Å². The van der Waals surface area contributed by atoms with Gasteiger partial charge < -0.3 is 5.73 Å². The first-order chi connectivity index (χ1) is 8.30. The summed E-state index contributed by atoms with van der Waals surface area (Å²) in [5.41, 5.74) is 6.11. The zero-order valence-electron chi connectivity index (χ0n) is 10.7. The van der Waals surface area contributed by atoms with E-state index < -0.39 is 10.0 Å². The summed E-state index contributed by atoms with van der Waals surface area (Å²) < 4.78 is 27.1. The van der Waals surface area contributed by atoms with Gasteiger partial charge in [-0.1, -0.05) is 13.8 Å². The highest BCUT2D eigenvalue weighted by Crippen LogP contribution is 2.37. The molecule has 1 aromatic heterocycles. The van der Waals surface area contributed by atoms with Crippen molar-refractivity contribution in [2.75, 3.05) is 5.73 Å². The molecule has 1 aliphatic rings. The summed E-state index contributed by atoms with van der Waals surface area (Å²) in [7, 11) is -3.56. The Bertz CT molecular complexity index is 540. The summed E-state index contributed by atoms with van der Waals surface area (Å²) in [6.07, 6.45) is 5.52. The minimum atomic E-state index is -3.56. The number of aromatic nitrogens is 1. The second-order valence-electron chi connectivity index (χ2n) is 5.64. The van der Waals surface area contributed by atoms with E-state index in [1.54, 1.807) is 0 Å². The van der Waals surface area contributed by atoms with E-state index >= 15 is 0 Å². The van der Waals surface area contributed by atoms with Gasteiger partial charge in [0.05, 0.1) is 5.69 Å². The lowest BCUT2D eigenvalue weighted by Gasteiger charge is -2.18. The van der Waals surface area contributed by atoms with Crippen molar-refractivity contribution >= 4 is 15.7 Å². The summed E-state index contributed by atoms with van der Waals surface area (Å²) in [6, 6.07) is 1.48. The van der Waals surface area contributed by atoms with Crippen LogP contribution in [0, 0.1) is 5.41 Å². The smallest absolute Gasteiger partial charge is 0.244 e. The standard InChI is InChI=1S/C12H19N3O2S/c1-12(2)5-3-9(7-12)15-18(16,17)11-8-14-6-4-10(11)13/h4,6,8-9,15H,3,5,7H2,1-2H3,(H2,13,14). The average molecular weight is 269 g/mol. The lowest BCUT2D eigenvalue weighted by atomic mass is 9.92. The Balaban J connectivity index is 2.17. The van der Waals surface area contributed by atoms with Crippen LogP contribution in [0.2, 0.25) is 0 Å². The fourth-order valence-corrected chi connectivity index (χ4v) is 3.78. The maximum atomic E-state index is 12.2. The number of nitrogens with one attached hydrogen (secondary N) is 1. The number of nitrogens with zero attached hydrogens (tertiary/aromatic N) is 1. The van der Waals surface area contributed by atoms with Crippen LogP contribution in [0.1, 0.15) is 33.1 Å². The number of sulfonamides is 1. The van der Waals surface area contributed by atoms with Crippen molar-refractivity contribution in [2.24, 2.45) is 5.41 Å². The average Bonchev–Trinajstić information content (AvgIpc) is 2.57. The molecule has 100 valence electrons. The molecular weight excluding hydrogens is 250 g/mol. The molecule has 6 heteroatoms. The molecule has 3 N–H and O–H groups in total. The molecule has 1 saturated carbocycles. The predicted octanol–water partition coefficient (Wildman–Crippen LogP) is 1.52. The molecule has 1 aliphatic carbocycles. The molecule has 1 heterocycles. The van der Waals surface area contributed by atoms with Gasteiger partial charge in [-0.25, -0.2) is 13.1 Å². The number of pyridine rings is 1. The van der Waals surface area contributed by atoms with E-state index in [1.165, 1.54) is 18.5 Å². The third-order valence-corrected chi connectivity index (χ3v) is 4.96. The van der Waals surface area contributed by atoms with Crippen LogP contribution in [0.3, 0.4) is 0 Å². The van der Waals surface area contributed by atoms with E-state index in [-0.39, 0.29) is 22.0 Å². The molecule has 1 unspecified atom stereocenters. The van der Waals surface area contributed by atoms with Gasteiger partial charge in [-0.15, -0.1) is 0 Å². The topological polar surface area (TPSA) is 85.1 Å². The molecule has 1 atom stereocenters. The molecule has 18 heavy (non-hydrogen) atoms. The predicted molar refractivity (Wildman–Crippen MR) is 70.4 cm³/mol. The van der Waals surface area contributed by atoms with E-state index in [0.29, 0.717) is 0 Å². The van der Waals surface area contributed by atoms with Crippen LogP contribution in [0.4, 0.5) is 5.69 Å². The molecule has 1 fully saturated rings. The minimum Gasteiger partial charge on any atom is -0.398 e. The molecular formula is C12H19N3O2S. The first-order valence-electron chi connectivity index (χ1n) is 6.02. The maximum Gasteiger partial charge on any atom is 0.244 e. The zero-order chi connectivity index (χ0) is 13.4. The van der Waals surface area contributed by atoms with Gasteiger partial charge >= 0.3 is 0 Å². The number of nitrogen functional groups attached to an aromatic ring is 1. The SMILES string of the molecule is CC1(C)CCC(NS(=O)(=O)c2cnccc2N)C1. The van der Waals surface area contributed by atoms with Crippen LogP contribution in [0.5, 0.6) is 0 Å². The molecule has 1 aromatic rings. The van der Waals surface area contributed by atoms with E-state index in [2.05, 4.69) is 23.6 Å². The number of rotatable bonds is 3. The van der Waals surface area contributed by atoms with Crippen molar-refractivity contribution in [3.8, 4) is 0 Å². The Morgan fingerprint density at radius 1 is 1.50 bits per heavy atom. The van der Waals surface area contributed by atoms with Crippen LogP contribution in [-0.2, 0) is 10.0 Å². The Hall–Kier alpha value is -1.14. The molecule has 0 spiro atoms. The number of nitrogens with two attached hydrogens (primary N) is 1. The molecule has 5 nitrogen and oxygen atoms in total. The quantitative estimate of drug-likeness (QED) is 0.871. The second kappa shape index (κ2) is 4.51. The summed E-state index contributed by atoms with van der Waals surface area (Å²) in [6.45, 7) is 4.31. The van der Waals surface area contributed by atoms with Crippen molar-refractivity contribution in [1.82, 2.24) is 9.71 Å².